The molecule has 5 nitrogen and oxygen atoms in total. The monoisotopic (exact) mass is 359 g/mol. The molecule has 144 valence electrons. The molecule has 1 saturated heterocycles. The molecule has 3 fully saturated rings. The number of rotatable bonds is 7. The van der Waals surface area contributed by atoms with Crippen LogP contribution in [0.4, 0.5) is 5.82 Å². The average Bonchev–Trinajstić information content (AvgIpc) is 3.38. The van der Waals surface area contributed by atoms with Gasteiger partial charge in [0.1, 0.15) is 11.6 Å². The zero-order chi connectivity index (χ0) is 18.1. The van der Waals surface area contributed by atoms with Crippen molar-refractivity contribution in [3.05, 3.63) is 17.6 Å². The molecule has 2 saturated carbocycles. The molecule has 0 radical (unpaired) electrons. The van der Waals surface area contributed by atoms with Gasteiger partial charge >= 0.3 is 0 Å². The van der Waals surface area contributed by atoms with Gasteiger partial charge in [0.15, 0.2) is 0 Å². The molecule has 3 aliphatic rings. The number of nitrogens with zero attached hydrogens (tertiary/aromatic N) is 3. The minimum absolute atomic E-state index is 0.0385. The second kappa shape index (κ2) is 7.43. The number of anilines is 1. The van der Waals surface area contributed by atoms with Gasteiger partial charge in [-0.15, -0.1) is 0 Å². The maximum absolute atomic E-state index is 6.26. The molecule has 1 aromatic rings. The highest BCUT2D eigenvalue weighted by Gasteiger charge is 2.52. The minimum atomic E-state index is -0.0385. The molecule has 0 amide bonds. The van der Waals surface area contributed by atoms with Crippen LogP contribution in [0.2, 0.25) is 0 Å². The Labute approximate surface area is 157 Å². The fourth-order valence-corrected chi connectivity index (χ4v) is 4.79. The van der Waals surface area contributed by atoms with E-state index >= 15 is 0 Å². The summed E-state index contributed by atoms with van der Waals surface area (Å²) in [5.41, 5.74) is 1.12. The Morgan fingerprint density at radius 2 is 2.08 bits per heavy atom. The smallest absolute Gasteiger partial charge is 0.132 e. The molecule has 1 aromatic heterocycles. The number of fused-ring (bicyclic) bond motifs is 1. The van der Waals surface area contributed by atoms with E-state index in [1.807, 2.05) is 14.0 Å². The number of aromatic nitrogens is 2. The second-order valence-electron chi connectivity index (χ2n) is 8.42. The summed E-state index contributed by atoms with van der Waals surface area (Å²) in [6, 6.07) is 2.55. The SMILES string of the molecule is CCCc1cc(N2CC[C@]3(OC)CC[C@@H](OCC4CC4)C[C@H]23)nc(C)n1. The number of ether oxygens (including phenoxy) is 2. The standard InChI is InChI=1S/C21H33N3O2/c1-4-5-17-12-20(23-15(2)22-17)24-11-10-21(25-3)9-8-18(13-19(21)24)26-14-16-6-7-16/h12,16,18-19H,4-11,13-14H2,1-3H3/t18-,19+,21-/m1/s1. The highest BCUT2D eigenvalue weighted by Crippen LogP contribution is 2.45. The number of methoxy groups -OCH3 is 1. The lowest BCUT2D eigenvalue weighted by Crippen LogP contribution is -2.52. The van der Waals surface area contributed by atoms with Crippen molar-refractivity contribution < 1.29 is 9.47 Å². The summed E-state index contributed by atoms with van der Waals surface area (Å²) >= 11 is 0. The third kappa shape index (κ3) is 3.61. The van der Waals surface area contributed by atoms with Crippen LogP contribution in [0.5, 0.6) is 0 Å². The van der Waals surface area contributed by atoms with Crippen LogP contribution >= 0.6 is 0 Å². The zero-order valence-electron chi connectivity index (χ0n) is 16.5. The van der Waals surface area contributed by atoms with Crippen LogP contribution in [-0.4, -0.2) is 48.0 Å². The summed E-state index contributed by atoms with van der Waals surface area (Å²) in [6.07, 6.45) is 9.52. The van der Waals surface area contributed by atoms with E-state index in [2.05, 4.69) is 22.9 Å². The van der Waals surface area contributed by atoms with Gasteiger partial charge < -0.3 is 14.4 Å². The third-order valence-corrected chi connectivity index (χ3v) is 6.48. The van der Waals surface area contributed by atoms with Gasteiger partial charge in [0, 0.05) is 32.0 Å². The average molecular weight is 360 g/mol. The van der Waals surface area contributed by atoms with Gasteiger partial charge in [0.2, 0.25) is 0 Å². The van der Waals surface area contributed by atoms with Crippen molar-refractivity contribution in [2.45, 2.75) is 83.0 Å². The lowest BCUT2D eigenvalue weighted by atomic mass is 9.79. The molecule has 0 bridgehead atoms. The highest BCUT2D eigenvalue weighted by atomic mass is 16.5. The molecule has 4 rings (SSSR count). The molecule has 26 heavy (non-hydrogen) atoms. The first kappa shape index (κ1) is 18.2. The normalized spacial score (nSPS) is 31.3. The molecule has 0 N–H and O–H groups in total. The van der Waals surface area contributed by atoms with Gasteiger partial charge in [-0.2, -0.15) is 0 Å². The van der Waals surface area contributed by atoms with Gasteiger partial charge in [-0.25, -0.2) is 9.97 Å². The van der Waals surface area contributed by atoms with Crippen molar-refractivity contribution in [1.29, 1.82) is 0 Å². The molecule has 0 unspecified atom stereocenters. The fourth-order valence-electron chi connectivity index (χ4n) is 4.79. The molecule has 3 atom stereocenters. The van der Waals surface area contributed by atoms with E-state index in [1.54, 1.807) is 0 Å². The van der Waals surface area contributed by atoms with Crippen LogP contribution in [-0.2, 0) is 15.9 Å². The van der Waals surface area contributed by atoms with E-state index in [0.29, 0.717) is 12.1 Å². The molecular weight excluding hydrogens is 326 g/mol. The van der Waals surface area contributed by atoms with E-state index in [0.717, 1.165) is 74.9 Å². The molecular formula is C21H33N3O2. The first-order chi connectivity index (χ1) is 12.6. The predicted octanol–water partition coefficient (Wildman–Crippen LogP) is 3.68. The van der Waals surface area contributed by atoms with Gasteiger partial charge in [0.25, 0.3) is 0 Å². The Bertz CT molecular complexity index is 634. The quantitative estimate of drug-likeness (QED) is 0.743. The Balaban J connectivity index is 1.54. The van der Waals surface area contributed by atoms with Crippen LogP contribution in [0, 0.1) is 12.8 Å². The van der Waals surface area contributed by atoms with Gasteiger partial charge in [-0.3, -0.25) is 0 Å². The summed E-state index contributed by atoms with van der Waals surface area (Å²) in [7, 11) is 1.88. The summed E-state index contributed by atoms with van der Waals surface area (Å²) in [5, 5.41) is 0. The van der Waals surface area contributed by atoms with Crippen LogP contribution in [0.25, 0.3) is 0 Å². The van der Waals surface area contributed by atoms with Crippen molar-refractivity contribution in [3.8, 4) is 0 Å². The lowest BCUT2D eigenvalue weighted by molar-refractivity contribution is -0.0816. The number of aryl methyl sites for hydroxylation is 2. The molecule has 0 aromatic carbocycles. The van der Waals surface area contributed by atoms with Gasteiger partial charge in [0.05, 0.1) is 17.7 Å². The summed E-state index contributed by atoms with van der Waals surface area (Å²) < 4.78 is 12.4. The van der Waals surface area contributed by atoms with Crippen LogP contribution in [0.1, 0.15) is 63.4 Å². The Morgan fingerprint density at radius 3 is 2.81 bits per heavy atom. The predicted molar refractivity (Wildman–Crippen MR) is 103 cm³/mol. The van der Waals surface area contributed by atoms with Crippen molar-refractivity contribution in [3.63, 3.8) is 0 Å². The highest BCUT2D eigenvalue weighted by molar-refractivity contribution is 5.45. The molecule has 5 heteroatoms. The fraction of sp³-hybridized carbons (Fsp3) is 0.810. The van der Waals surface area contributed by atoms with Crippen molar-refractivity contribution in [1.82, 2.24) is 9.97 Å². The van der Waals surface area contributed by atoms with Crippen molar-refractivity contribution in [2.75, 3.05) is 25.2 Å². The molecule has 2 heterocycles. The van der Waals surface area contributed by atoms with Crippen molar-refractivity contribution in [2.24, 2.45) is 5.92 Å². The first-order valence-corrected chi connectivity index (χ1v) is 10.4. The van der Waals surface area contributed by atoms with E-state index in [-0.39, 0.29) is 5.60 Å². The van der Waals surface area contributed by atoms with Crippen molar-refractivity contribution >= 4 is 5.82 Å². The first-order valence-electron chi connectivity index (χ1n) is 10.4. The molecule has 2 aliphatic carbocycles. The maximum atomic E-state index is 6.26. The summed E-state index contributed by atoms with van der Waals surface area (Å²) in [6.45, 7) is 6.16. The maximum Gasteiger partial charge on any atom is 0.132 e. The van der Waals surface area contributed by atoms with Gasteiger partial charge in [-0.05, 0) is 57.8 Å². The Hall–Kier alpha value is -1.20. The van der Waals surface area contributed by atoms with E-state index in [4.69, 9.17) is 14.5 Å². The van der Waals surface area contributed by atoms with E-state index in [1.165, 1.54) is 12.8 Å². The molecule has 0 spiro atoms. The zero-order valence-corrected chi connectivity index (χ0v) is 16.5. The minimum Gasteiger partial charge on any atom is -0.378 e. The summed E-state index contributed by atoms with van der Waals surface area (Å²) in [5.74, 6) is 2.77. The largest absolute Gasteiger partial charge is 0.378 e. The Morgan fingerprint density at radius 1 is 1.23 bits per heavy atom. The summed E-state index contributed by atoms with van der Waals surface area (Å²) in [4.78, 5) is 11.9. The lowest BCUT2D eigenvalue weighted by Gasteiger charge is -2.43. The van der Waals surface area contributed by atoms with E-state index in [9.17, 15) is 0 Å². The van der Waals surface area contributed by atoms with E-state index < -0.39 is 0 Å². The third-order valence-electron chi connectivity index (χ3n) is 6.48. The second-order valence-corrected chi connectivity index (χ2v) is 8.42. The topological polar surface area (TPSA) is 47.5 Å². The van der Waals surface area contributed by atoms with Crippen LogP contribution in [0.15, 0.2) is 6.07 Å². The van der Waals surface area contributed by atoms with Gasteiger partial charge in [-0.1, -0.05) is 13.3 Å². The Kier molecular flexibility index (Phi) is 5.20. The molecule has 1 aliphatic heterocycles. The van der Waals surface area contributed by atoms with Crippen LogP contribution < -0.4 is 4.90 Å². The number of hydrogen-bond acceptors (Lipinski definition) is 5. The number of hydrogen-bond donors (Lipinski definition) is 0. The van der Waals surface area contributed by atoms with Crippen LogP contribution in [0.3, 0.4) is 0 Å².